The van der Waals surface area contributed by atoms with Crippen molar-refractivity contribution in [2.75, 3.05) is 25.6 Å². The van der Waals surface area contributed by atoms with E-state index in [2.05, 4.69) is 17.6 Å². The summed E-state index contributed by atoms with van der Waals surface area (Å²) in [7, 11) is 1.66. The molecule has 0 radical (unpaired) electrons. The van der Waals surface area contributed by atoms with Crippen molar-refractivity contribution in [3.8, 4) is 17.2 Å². The van der Waals surface area contributed by atoms with Crippen molar-refractivity contribution in [2.45, 2.75) is 13.0 Å². The van der Waals surface area contributed by atoms with Crippen LogP contribution in [0.3, 0.4) is 0 Å². The van der Waals surface area contributed by atoms with E-state index in [0.717, 1.165) is 28.5 Å². The van der Waals surface area contributed by atoms with Crippen LogP contribution in [0.4, 0.5) is 5.69 Å². The van der Waals surface area contributed by atoms with Crippen molar-refractivity contribution in [3.05, 3.63) is 48.0 Å². The molecule has 0 aromatic heterocycles. The molecule has 0 aliphatic carbocycles. The molecule has 24 heavy (non-hydrogen) atoms. The van der Waals surface area contributed by atoms with Crippen LogP contribution in [0.15, 0.2) is 42.5 Å². The van der Waals surface area contributed by atoms with E-state index >= 15 is 0 Å². The highest BCUT2D eigenvalue weighted by molar-refractivity contribution is 7.80. The summed E-state index contributed by atoms with van der Waals surface area (Å²) in [6.45, 7) is 3.20. The Bertz CT molecular complexity index is 719. The molecule has 2 aromatic carbocycles. The molecule has 0 saturated heterocycles. The average molecular weight is 344 g/mol. The molecule has 0 amide bonds. The summed E-state index contributed by atoms with van der Waals surface area (Å²) in [5, 5.41) is 7.00. The zero-order valence-corrected chi connectivity index (χ0v) is 14.5. The normalized spacial score (nSPS) is 13.8. The monoisotopic (exact) mass is 344 g/mol. The largest absolute Gasteiger partial charge is 0.497 e. The van der Waals surface area contributed by atoms with Gasteiger partial charge in [0.1, 0.15) is 19.0 Å². The van der Waals surface area contributed by atoms with E-state index in [9.17, 15) is 0 Å². The van der Waals surface area contributed by atoms with E-state index < -0.39 is 0 Å². The molecular weight excluding hydrogens is 324 g/mol. The number of methoxy groups -OCH3 is 1. The van der Waals surface area contributed by atoms with Crippen LogP contribution in [0, 0.1) is 0 Å². The summed E-state index contributed by atoms with van der Waals surface area (Å²) in [4.78, 5) is 0. The first-order valence-electron chi connectivity index (χ1n) is 7.77. The predicted octanol–water partition coefficient (Wildman–Crippen LogP) is 3.51. The Kier molecular flexibility index (Phi) is 5.05. The fourth-order valence-electron chi connectivity index (χ4n) is 2.46. The minimum absolute atomic E-state index is 0.0770. The van der Waals surface area contributed by atoms with Crippen LogP contribution in [-0.4, -0.2) is 25.4 Å². The van der Waals surface area contributed by atoms with Gasteiger partial charge in [0.2, 0.25) is 0 Å². The van der Waals surface area contributed by atoms with Crippen LogP contribution in [-0.2, 0) is 0 Å². The SMILES string of the molecule is COc1ccc([C@H](C)NC(=S)Nc2ccc3c(c2)OCCO3)cc1. The molecule has 1 heterocycles. The maximum Gasteiger partial charge on any atom is 0.171 e. The summed E-state index contributed by atoms with van der Waals surface area (Å²) in [5.41, 5.74) is 1.99. The molecule has 1 aliphatic rings. The second kappa shape index (κ2) is 7.40. The number of ether oxygens (including phenoxy) is 3. The van der Waals surface area contributed by atoms with Crippen LogP contribution in [0.5, 0.6) is 17.2 Å². The second-order valence-electron chi connectivity index (χ2n) is 5.45. The van der Waals surface area contributed by atoms with Crippen LogP contribution < -0.4 is 24.8 Å². The molecule has 6 heteroatoms. The Hall–Kier alpha value is -2.47. The molecule has 0 unspecified atom stereocenters. The van der Waals surface area contributed by atoms with Crippen LogP contribution in [0.2, 0.25) is 0 Å². The molecule has 1 atom stereocenters. The first kappa shape index (κ1) is 16.4. The van der Waals surface area contributed by atoms with Crippen molar-refractivity contribution in [1.82, 2.24) is 5.32 Å². The van der Waals surface area contributed by atoms with Gasteiger partial charge in [0.15, 0.2) is 16.6 Å². The zero-order chi connectivity index (χ0) is 16.9. The molecular formula is C18H20N2O3S. The number of anilines is 1. The lowest BCUT2D eigenvalue weighted by Crippen LogP contribution is -2.30. The number of nitrogens with one attached hydrogen (secondary N) is 2. The molecule has 3 rings (SSSR count). The number of rotatable bonds is 4. The Labute approximate surface area is 146 Å². The maximum absolute atomic E-state index is 5.58. The van der Waals surface area contributed by atoms with E-state index in [0.29, 0.717) is 18.3 Å². The van der Waals surface area contributed by atoms with Gasteiger partial charge >= 0.3 is 0 Å². The van der Waals surface area contributed by atoms with Gasteiger partial charge in [-0.05, 0) is 49.0 Å². The topological polar surface area (TPSA) is 51.8 Å². The summed E-state index contributed by atoms with van der Waals surface area (Å²) in [6, 6.07) is 13.7. The van der Waals surface area contributed by atoms with E-state index in [1.807, 2.05) is 42.5 Å². The number of hydrogen-bond acceptors (Lipinski definition) is 4. The van der Waals surface area contributed by atoms with Gasteiger partial charge in [-0.1, -0.05) is 12.1 Å². The molecule has 5 nitrogen and oxygen atoms in total. The maximum atomic E-state index is 5.58. The third-order valence-corrected chi connectivity index (χ3v) is 3.98. The molecule has 0 saturated carbocycles. The van der Waals surface area contributed by atoms with Gasteiger partial charge in [-0.15, -0.1) is 0 Å². The van der Waals surface area contributed by atoms with E-state index in [1.54, 1.807) is 7.11 Å². The Balaban J connectivity index is 1.60. The van der Waals surface area contributed by atoms with Crippen LogP contribution in [0.25, 0.3) is 0 Å². The molecule has 2 N–H and O–H groups in total. The first-order valence-corrected chi connectivity index (χ1v) is 8.17. The van der Waals surface area contributed by atoms with Gasteiger partial charge in [0.05, 0.1) is 13.2 Å². The van der Waals surface area contributed by atoms with Gasteiger partial charge in [0.25, 0.3) is 0 Å². The Morgan fingerprint density at radius 3 is 2.50 bits per heavy atom. The van der Waals surface area contributed by atoms with E-state index in [1.165, 1.54) is 0 Å². The number of fused-ring (bicyclic) bond motifs is 1. The zero-order valence-electron chi connectivity index (χ0n) is 13.7. The van der Waals surface area contributed by atoms with Crippen molar-refractivity contribution < 1.29 is 14.2 Å². The average Bonchev–Trinajstić information content (AvgIpc) is 2.61. The smallest absolute Gasteiger partial charge is 0.171 e. The van der Waals surface area contributed by atoms with Crippen molar-refractivity contribution in [2.24, 2.45) is 0 Å². The van der Waals surface area contributed by atoms with E-state index in [4.69, 9.17) is 26.4 Å². The lowest BCUT2D eigenvalue weighted by Gasteiger charge is -2.20. The third-order valence-electron chi connectivity index (χ3n) is 3.76. The number of thiocarbonyl (C=S) groups is 1. The van der Waals surface area contributed by atoms with Gasteiger partial charge in [0, 0.05) is 11.8 Å². The summed E-state index contributed by atoms with van der Waals surface area (Å²) in [5.74, 6) is 2.33. The fraction of sp³-hybridized carbons (Fsp3) is 0.278. The lowest BCUT2D eigenvalue weighted by molar-refractivity contribution is 0.171. The minimum atomic E-state index is 0.0770. The molecule has 0 spiro atoms. The van der Waals surface area contributed by atoms with E-state index in [-0.39, 0.29) is 6.04 Å². The van der Waals surface area contributed by atoms with Gasteiger partial charge in [-0.2, -0.15) is 0 Å². The minimum Gasteiger partial charge on any atom is -0.497 e. The van der Waals surface area contributed by atoms with Crippen molar-refractivity contribution in [1.29, 1.82) is 0 Å². The first-order chi connectivity index (χ1) is 11.7. The third kappa shape index (κ3) is 3.89. The highest BCUT2D eigenvalue weighted by Crippen LogP contribution is 2.32. The molecule has 1 aliphatic heterocycles. The van der Waals surface area contributed by atoms with Gasteiger partial charge in [-0.25, -0.2) is 0 Å². The lowest BCUT2D eigenvalue weighted by atomic mass is 10.1. The molecule has 0 bridgehead atoms. The van der Waals surface area contributed by atoms with Gasteiger partial charge in [-0.3, -0.25) is 0 Å². The molecule has 0 fully saturated rings. The van der Waals surface area contributed by atoms with Gasteiger partial charge < -0.3 is 24.8 Å². The molecule has 2 aromatic rings. The Morgan fingerprint density at radius 2 is 1.79 bits per heavy atom. The number of benzene rings is 2. The van der Waals surface area contributed by atoms with Crippen molar-refractivity contribution >= 4 is 23.0 Å². The molecule has 126 valence electrons. The second-order valence-corrected chi connectivity index (χ2v) is 5.86. The van der Waals surface area contributed by atoms with Crippen LogP contribution >= 0.6 is 12.2 Å². The summed E-state index contributed by atoms with van der Waals surface area (Å²) < 4.78 is 16.3. The van der Waals surface area contributed by atoms with Crippen molar-refractivity contribution in [3.63, 3.8) is 0 Å². The predicted molar refractivity (Wildman–Crippen MR) is 98.2 cm³/mol. The standard InChI is InChI=1S/C18H20N2O3S/c1-12(13-3-6-15(21-2)7-4-13)19-18(24)20-14-5-8-16-17(11-14)23-10-9-22-16/h3-8,11-12H,9-10H2,1-2H3,(H2,19,20,24)/t12-/m0/s1. The summed E-state index contributed by atoms with van der Waals surface area (Å²) >= 11 is 5.40. The summed E-state index contributed by atoms with van der Waals surface area (Å²) in [6.07, 6.45) is 0. The highest BCUT2D eigenvalue weighted by atomic mass is 32.1. The Morgan fingerprint density at radius 1 is 1.08 bits per heavy atom. The van der Waals surface area contributed by atoms with Crippen LogP contribution in [0.1, 0.15) is 18.5 Å². The highest BCUT2D eigenvalue weighted by Gasteiger charge is 2.13. The number of hydrogen-bond donors (Lipinski definition) is 2. The fourth-order valence-corrected chi connectivity index (χ4v) is 2.76. The quantitative estimate of drug-likeness (QED) is 0.828.